The van der Waals surface area contributed by atoms with E-state index in [0.29, 0.717) is 11.9 Å². The summed E-state index contributed by atoms with van der Waals surface area (Å²) in [5, 5.41) is -0.633. The molecule has 0 radical (unpaired) electrons. The number of imidazole rings is 1. The Hall–Kier alpha value is -1.83. The molecule has 0 spiro atoms. The van der Waals surface area contributed by atoms with Crippen LogP contribution in [0.15, 0.2) is 41.7 Å². The lowest BCUT2D eigenvalue weighted by Crippen LogP contribution is -2.08. The molecule has 0 saturated carbocycles. The first kappa shape index (κ1) is 13.6. The Morgan fingerprint density at radius 1 is 1.16 bits per heavy atom. The summed E-state index contributed by atoms with van der Waals surface area (Å²) in [6.45, 7) is 0. The van der Waals surface area contributed by atoms with Crippen LogP contribution in [0, 0.1) is 0 Å². The molecule has 1 aromatic carbocycles. The van der Waals surface area contributed by atoms with Crippen LogP contribution in [0.2, 0.25) is 0 Å². The standard InChI is InChI=1S/C11H9F3N2O2S/c1-19(17,18)10-15-9(11(12,13)14)7-16(10)8-5-3-2-4-6-8/h2-7H,1H3. The molecule has 1 aromatic heterocycles. The van der Waals surface area contributed by atoms with Gasteiger partial charge in [0.1, 0.15) is 0 Å². The quantitative estimate of drug-likeness (QED) is 0.852. The van der Waals surface area contributed by atoms with E-state index in [1.807, 2.05) is 0 Å². The number of benzene rings is 1. The molecule has 4 nitrogen and oxygen atoms in total. The van der Waals surface area contributed by atoms with E-state index >= 15 is 0 Å². The fourth-order valence-corrected chi connectivity index (χ4v) is 2.31. The molecule has 0 fully saturated rings. The van der Waals surface area contributed by atoms with Gasteiger partial charge in [-0.1, -0.05) is 18.2 Å². The third-order valence-electron chi connectivity index (χ3n) is 2.33. The molecular formula is C11H9F3N2O2S. The van der Waals surface area contributed by atoms with Crippen LogP contribution in [0.25, 0.3) is 5.69 Å². The molecule has 8 heteroatoms. The highest BCUT2D eigenvalue weighted by atomic mass is 32.2. The van der Waals surface area contributed by atoms with Crippen molar-refractivity contribution < 1.29 is 21.6 Å². The molecule has 0 unspecified atom stereocenters. The van der Waals surface area contributed by atoms with Gasteiger partial charge in [0.25, 0.3) is 0 Å². The lowest BCUT2D eigenvalue weighted by Gasteiger charge is -2.05. The fourth-order valence-electron chi connectivity index (χ4n) is 1.53. The molecule has 0 N–H and O–H groups in total. The second kappa shape index (κ2) is 4.37. The van der Waals surface area contributed by atoms with Gasteiger partial charge in [0, 0.05) is 18.1 Å². The number of hydrogen-bond donors (Lipinski definition) is 0. The van der Waals surface area contributed by atoms with Crippen molar-refractivity contribution in [3.05, 3.63) is 42.2 Å². The van der Waals surface area contributed by atoms with Crippen molar-refractivity contribution in [2.75, 3.05) is 6.26 Å². The summed E-state index contributed by atoms with van der Waals surface area (Å²) in [6.07, 6.45) is -3.21. The molecule has 2 aromatic rings. The van der Waals surface area contributed by atoms with Gasteiger partial charge in [-0.05, 0) is 12.1 Å². The maximum atomic E-state index is 12.6. The van der Waals surface area contributed by atoms with Crippen LogP contribution in [0.4, 0.5) is 13.2 Å². The topological polar surface area (TPSA) is 52.0 Å². The minimum absolute atomic E-state index is 0.297. The maximum Gasteiger partial charge on any atom is 0.434 e. The minimum atomic E-state index is -4.69. The van der Waals surface area contributed by atoms with Crippen LogP contribution in [0.3, 0.4) is 0 Å². The van der Waals surface area contributed by atoms with Crippen LogP contribution < -0.4 is 0 Å². The Balaban J connectivity index is 2.70. The van der Waals surface area contributed by atoms with Gasteiger partial charge in [-0.15, -0.1) is 0 Å². The van der Waals surface area contributed by atoms with E-state index in [2.05, 4.69) is 4.98 Å². The predicted molar refractivity (Wildman–Crippen MR) is 61.7 cm³/mol. The molecule has 102 valence electrons. The first-order valence-electron chi connectivity index (χ1n) is 5.11. The zero-order chi connectivity index (χ0) is 14.3. The lowest BCUT2D eigenvalue weighted by molar-refractivity contribution is -0.141. The number of alkyl halides is 3. The van der Waals surface area contributed by atoms with Crippen molar-refractivity contribution in [1.29, 1.82) is 0 Å². The molecule has 0 atom stereocenters. The van der Waals surface area contributed by atoms with Gasteiger partial charge >= 0.3 is 6.18 Å². The third kappa shape index (κ3) is 2.78. The number of sulfone groups is 1. The van der Waals surface area contributed by atoms with Gasteiger partial charge in [-0.2, -0.15) is 13.2 Å². The van der Waals surface area contributed by atoms with Gasteiger partial charge in [-0.3, -0.25) is 4.57 Å². The zero-order valence-electron chi connectivity index (χ0n) is 9.72. The number of hydrogen-bond acceptors (Lipinski definition) is 3. The second-order valence-corrected chi connectivity index (χ2v) is 5.79. The summed E-state index contributed by atoms with van der Waals surface area (Å²) in [4.78, 5) is 3.18. The van der Waals surface area contributed by atoms with E-state index in [1.54, 1.807) is 18.2 Å². The van der Waals surface area contributed by atoms with Crippen molar-refractivity contribution in [1.82, 2.24) is 9.55 Å². The SMILES string of the molecule is CS(=O)(=O)c1nc(C(F)(F)F)cn1-c1ccccc1. The first-order chi connectivity index (χ1) is 8.69. The summed E-state index contributed by atoms with van der Waals surface area (Å²) < 4.78 is 61.8. The highest BCUT2D eigenvalue weighted by molar-refractivity contribution is 7.90. The molecule has 19 heavy (non-hydrogen) atoms. The lowest BCUT2D eigenvalue weighted by atomic mass is 10.3. The first-order valence-corrected chi connectivity index (χ1v) is 7.01. The van der Waals surface area contributed by atoms with Crippen molar-refractivity contribution in [2.45, 2.75) is 11.3 Å². The van der Waals surface area contributed by atoms with Crippen LogP contribution >= 0.6 is 0 Å². The smallest absolute Gasteiger partial charge is 0.290 e. The van der Waals surface area contributed by atoms with Crippen molar-refractivity contribution in [2.24, 2.45) is 0 Å². The second-order valence-electron chi connectivity index (χ2n) is 3.88. The Morgan fingerprint density at radius 2 is 1.74 bits per heavy atom. The Morgan fingerprint density at radius 3 is 2.21 bits per heavy atom. The van der Waals surface area contributed by atoms with Crippen molar-refractivity contribution in [3.8, 4) is 5.69 Å². The average Bonchev–Trinajstić information content (AvgIpc) is 2.74. The minimum Gasteiger partial charge on any atom is -0.290 e. The average molecular weight is 290 g/mol. The highest BCUT2D eigenvalue weighted by Crippen LogP contribution is 2.30. The third-order valence-corrected chi connectivity index (χ3v) is 3.28. The van der Waals surface area contributed by atoms with Gasteiger partial charge < -0.3 is 0 Å². The monoisotopic (exact) mass is 290 g/mol. The summed E-state index contributed by atoms with van der Waals surface area (Å²) in [7, 11) is -3.87. The molecule has 0 aliphatic heterocycles. The van der Waals surface area contributed by atoms with Crippen LogP contribution in [0.1, 0.15) is 5.69 Å². The van der Waals surface area contributed by atoms with E-state index < -0.39 is 26.9 Å². The largest absolute Gasteiger partial charge is 0.434 e. The molecule has 0 amide bonds. The van der Waals surface area contributed by atoms with E-state index in [4.69, 9.17) is 0 Å². The summed E-state index contributed by atoms with van der Waals surface area (Å²) >= 11 is 0. The number of para-hydroxylation sites is 1. The van der Waals surface area contributed by atoms with Gasteiger partial charge in [0.2, 0.25) is 15.0 Å². The summed E-state index contributed by atoms with van der Waals surface area (Å²) in [5.41, 5.74) is -0.942. The number of nitrogens with zero attached hydrogens (tertiary/aromatic N) is 2. The fraction of sp³-hybridized carbons (Fsp3) is 0.182. The van der Waals surface area contributed by atoms with E-state index in [-0.39, 0.29) is 0 Å². The summed E-state index contributed by atoms with van der Waals surface area (Å²) in [5.74, 6) is 0. The molecule has 0 aliphatic rings. The van der Waals surface area contributed by atoms with E-state index in [1.165, 1.54) is 12.1 Å². The molecule has 1 heterocycles. The Kier molecular flexibility index (Phi) is 3.13. The van der Waals surface area contributed by atoms with Crippen LogP contribution in [-0.4, -0.2) is 24.2 Å². The van der Waals surface area contributed by atoms with E-state index in [9.17, 15) is 21.6 Å². The van der Waals surface area contributed by atoms with Gasteiger partial charge in [-0.25, -0.2) is 13.4 Å². The zero-order valence-corrected chi connectivity index (χ0v) is 10.5. The molecular weight excluding hydrogens is 281 g/mol. The highest BCUT2D eigenvalue weighted by Gasteiger charge is 2.36. The number of rotatable bonds is 2. The van der Waals surface area contributed by atoms with Crippen LogP contribution in [-0.2, 0) is 16.0 Å². The van der Waals surface area contributed by atoms with Gasteiger partial charge in [0.15, 0.2) is 5.69 Å². The molecule has 2 rings (SSSR count). The maximum absolute atomic E-state index is 12.6. The summed E-state index contributed by atoms with van der Waals surface area (Å²) in [6, 6.07) is 7.85. The Labute approximate surface area is 107 Å². The normalized spacial score (nSPS) is 12.6. The molecule has 0 aliphatic carbocycles. The number of aromatic nitrogens is 2. The van der Waals surface area contributed by atoms with Crippen molar-refractivity contribution in [3.63, 3.8) is 0 Å². The van der Waals surface area contributed by atoms with Crippen molar-refractivity contribution >= 4 is 9.84 Å². The van der Waals surface area contributed by atoms with Crippen LogP contribution in [0.5, 0.6) is 0 Å². The molecule has 0 saturated heterocycles. The van der Waals surface area contributed by atoms with Gasteiger partial charge in [0.05, 0.1) is 0 Å². The predicted octanol–water partition coefficient (Wildman–Crippen LogP) is 2.29. The molecule has 0 bridgehead atoms. The Bertz CT molecular complexity index is 690. The number of halogens is 3. The van der Waals surface area contributed by atoms with E-state index in [0.717, 1.165) is 10.8 Å².